The number of anilines is 2. The van der Waals surface area contributed by atoms with Gasteiger partial charge in [0, 0.05) is 68.4 Å². The lowest BCUT2D eigenvalue weighted by Gasteiger charge is -2.56. The van der Waals surface area contributed by atoms with E-state index in [9.17, 15) is 28.4 Å². The van der Waals surface area contributed by atoms with Crippen molar-refractivity contribution in [2.45, 2.75) is 120 Å². The molecule has 3 aliphatic heterocycles. The number of aromatic nitrogens is 2. The molecule has 72 heavy (non-hydrogen) atoms. The molecule has 384 valence electrons. The third kappa shape index (κ3) is 9.92. The molecule has 2 saturated carbocycles. The molecule has 17 nitrogen and oxygen atoms in total. The molecule has 1 amide bonds. The Bertz CT molecular complexity index is 2960. The van der Waals surface area contributed by atoms with E-state index in [4.69, 9.17) is 18.9 Å². The van der Waals surface area contributed by atoms with Gasteiger partial charge in [0.05, 0.1) is 39.0 Å². The summed E-state index contributed by atoms with van der Waals surface area (Å²) in [7, 11) is -3.26. The predicted octanol–water partition coefficient (Wildman–Crippen LogP) is 9.37. The molecule has 10 rings (SSSR count). The van der Waals surface area contributed by atoms with Gasteiger partial charge >= 0.3 is 0 Å². The molecule has 2 aromatic heterocycles. The normalized spacial score (nSPS) is 23.3. The van der Waals surface area contributed by atoms with Gasteiger partial charge in [0.2, 0.25) is 0 Å². The summed E-state index contributed by atoms with van der Waals surface area (Å²) in [6.45, 7) is 9.33. The number of amides is 1. The average molecular weight is 1010 g/mol. The molecule has 2 atom stereocenters. The average Bonchev–Trinajstić information content (AvgIpc) is 3.98. The number of nitrogens with one attached hydrogen (secondary N) is 3. The zero-order valence-corrected chi connectivity index (χ0v) is 42.1. The van der Waals surface area contributed by atoms with Crippen LogP contribution in [0, 0.1) is 27.3 Å². The quantitative estimate of drug-likeness (QED) is 0.0438. The van der Waals surface area contributed by atoms with Crippen LogP contribution >= 0.6 is 0 Å². The first-order valence-corrected chi connectivity index (χ1v) is 26.7. The van der Waals surface area contributed by atoms with Crippen LogP contribution in [-0.4, -0.2) is 103 Å². The number of pyridine rings is 1. The summed E-state index contributed by atoms with van der Waals surface area (Å²) in [6.07, 6.45) is 10.3. The smallest absolute Gasteiger partial charge is 0.297 e. The molecule has 19 heteroatoms. The predicted molar refractivity (Wildman–Crippen MR) is 269 cm³/mol. The van der Waals surface area contributed by atoms with E-state index in [1.807, 2.05) is 0 Å². The molecule has 0 bridgehead atoms. The molecular formula is C53H64FN7O10S. The lowest BCUT2D eigenvalue weighted by molar-refractivity contribution is -0.384. The fraction of sp³-hybridized carbons (Fsp3) is 0.509. The van der Waals surface area contributed by atoms with Gasteiger partial charge in [0.15, 0.2) is 17.2 Å². The van der Waals surface area contributed by atoms with E-state index in [0.717, 1.165) is 69.3 Å². The highest BCUT2D eigenvalue weighted by Gasteiger charge is 2.50. The Kier molecular flexibility index (Phi) is 13.6. The molecule has 2 saturated heterocycles. The van der Waals surface area contributed by atoms with Crippen molar-refractivity contribution in [1.82, 2.24) is 19.6 Å². The highest BCUT2D eigenvalue weighted by Crippen LogP contribution is 2.54. The molecule has 1 spiro atoms. The Morgan fingerprint density at radius 1 is 1.03 bits per heavy atom. The molecule has 5 heterocycles. The zero-order valence-electron chi connectivity index (χ0n) is 41.2. The maximum Gasteiger partial charge on any atom is 0.297 e. The Morgan fingerprint density at radius 2 is 1.79 bits per heavy atom. The number of aliphatic hydroxyl groups is 1. The number of nitrogens with zero attached hydrogens (tertiary/aromatic N) is 4. The maximum absolute atomic E-state index is 15.0. The number of aromatic amines is 1. The van der Waals surface area contributed by atoms with Crippen LogP contribution in [0.25, 0.3) is 11.0 Å². The van der Waals surface area contributed by atoms with E-state index in [1.54, 1.807) is 19.1 Å². The summed E-state index contributed by atoms with van der Waals surface area (Å²) in [6, 6.07) is 17.9. The van der Waals surface area contributed by atoms with Gasteiger partial charge in [-0.2, -0.15) is 4.98 Å². The van der Waals surface area contributed by atoms with Crippen LogP contribution < -0.4 is 29.1 Å². The minimum atomic E-state index is -4.77. The molecule has 5 aromatic rings. The molecule has 3 aromatic carbocycles. The van der Waals surface area contributed by atoms with Gasteiger partial charge in [-0.25, -0.2) is 17.5 Å². The number of likely N-dealkylation sites (tertiary alicyclic amines) is 1. The fourth-order valence-electron chi connectivity index (χ4n) is 11.9. The molecule has 0 unspecified atom stereocenters. The Hall–Kier alpha value is -6.02. The number of sulfonamides is 1. The van der Waals surface area contributed by atoms with Crippen molar-refractivity contribution < 1.29 is 46.6 Å². The van der Waals surface area contributed by atoms with Crippen LogP contribution in [0.4, 0.5) is 21.5 Å². The van der Waals surface area contributed by atoms with Crippen molar-refractivity contribution in [3.8, 4) is 23.1 Å². The molecule has 0 radical (unpaired) electrons. The number of piperidine rings is 1. The summed E-state index contributed by atoms with van der Waals surface area (Å²) in [5, 5.41) is 26.3. The first-order valence-electron chi connectivity index (χ1n) is 25.2. The number of carbonyl (C=O) groups excluding carboxylic acids is 1. The Morgan fingerprint density at radius 3 is 2.53 bits per heavy atom. The number of hydrogen-bond acceptors (Lipinski definition) is 14. The van der Waals surface area contributed by atoms with Crippen LogP contribution in [0.2, 0.25) is 0 Å². The Balaban J connectivity index is 0.898. The molecule has 5 aliphatic rings. The molecule has 4 N–H and O–H groups in total. The van der Waals surface area contributed by atoms with Gasteiger partial charge in [0.25, 0.3) is 27.5 Å². The van der Waals surface area contributed by atoms with Gasteiger partial charge in [-0.15, -0.1) is 0 Å². The maximum atomic E-state index is 15.0. The summed E-state index contributed by atoms with van der Waals surface area (Å²) < 4.78 is 68.9. The van der Waals surface area contributed by atoms with Crippen molar-refractivity contribution in [2.24, 2.45) is 11.3 Å². The standard InChI is InChI=1S/C53H64FN7O10S/c1-32(2)37-8-5-6-9-38(37)43-10-7-19-60(43)35-28-53(29-35)17-20-59(21-18-53)34-11-12-39(45(24-34)71-47-27-40-41(54)30-55-49(40)57-51(47)69-23-22-68-4)50(62)58-72(66,67)36-25-44(61(64)65)48-46(26-36)70-31-42(56-48)33-13-15-52(3,63)16-14-33/h5-6,8-9,11-12,24-27,30,32-33,35,42-43,56,63H,7,10,13-23,28-29,31H2,1-4H3,(H,55,57)(H,58,62)/t33?,42-,43+,52?/m1/s1. The van der Waals surface area contributed by atoms with E-state index in [2.05, 4.69) is 67.9 Å². The van der Waals surface area contributed by atoms with E-state index >= 15 is 4.39 Å². The number of H-pyrrole nitrogens is 1. The van der Waals surface area contributed by atoms with Crippen LogP contribution in [0.3, 0.4) is 0 Å². The monoisotopic (exact) mass is 1010 g/mol. The van der Waals surface area contributed by atoms with Gasteiger partial charge in [-0.3, -0.25) is 19.8 Å². The van der Waals surface area contributed by atoms with E-state index in [1.165, 1.54) is 43.2 Å². The summed E-state index contributed by atoms with van der Waals surface area (Å²) in [4.78, 5) is 37.8. The fourth-order valence-corrected chi connectivity index (χ4v) is 12.9. The highest BCUT2D eigenvalue weighted by molar-refractivity contribution is 7.90. The number of carbonyl (C=O) groups is 1. The third-order valence-corrected chi connectivity index (χ3v) is 17.3. The number of hydrogen-bond donors (Lipinski definition) is 4. The summed E-state index contributed by atoms with van der Waals surface area (Å²) in [5.41, 5.74) is 2.61. The SMILES string of the molecule is COCCOc1nc2[nH]cc(F)c2cc1Oc1cc(N2CCC3(CC2)CC(N2CCC[C@H]2c2ccccc2C(C)C)C3)ccc1C(=O)NS(=O)(=O)c1cc2c(c([N+](=O)[O-])c1)N[C@@H](C1CCC(C)(O)CC1)CO2. The van der Waals surface area contributed by atoms with Crippen molar-refractivity contribution in [1.29, 1.82) is 0 Å². The number of nitro benzene ring substituents is 1. The number of benzene rings is 3. The lowest BCUT2D eigenvalue weighted by atomic mass is 9.59. The number of rotatable bonds is 15. The lowest BCUT2D eigenvalue weighted by Crippen LogP contribution is -2.54. The summed E-state index contributed by atoms with van der Waals surface area (Å²) in [5.74, 6) is -1.30. The van der Waals surface area contributed by atoms with Crippen molar-refractivity contribution in [3.63, 3.8) is 0 Å². The van der Waals surface area contributed by atoms with Gasteiger partial charge < -0.3 is 39.3 Å². The van der Waals surface area contributed by atoms with Gasteiger partial charge in [-0.05, 0) is 118 Å². The van der Waals surface area contributed by atoms with Crippen molar-refractivity contribution >= 4 is 44.0 Å². The Labute approximate surface area is 419 Å². The second-order valence-electron chi connectivity index (χ2n) is 21.1. The van der Waals surface area contributed by atoms with E-state index in [0.29, 0.717) is 43.7 Å². The number of nitro groups is 1. The van der Waals surface area contributed by atoms with Crippen LogP contribution in [0.5, 0.6) is 23.1 Å². The van der Waals surface area contributed by atoms with Gasteiger partial charge in [-0.1, -0.05) is 38.1 Å². The first-order chi connectivity index (χ1) is 34.5. The minimum Gasteiger partial charge on any atom is -0.489 e. The highest BCUT2D eigenvalue weighted by atomic mass is 32.2. The zero-order chi connectivity index (χ0) is 50.5. The van der Waals surface area contributed by atoms with Crippen molar-refractivity contribution in [3.05, 3.63) is 99.5 Å². The number of ether oxygens (including phenoxy) is 4. The third-order valence-electron chi connectivity index (χ3n) is 16.0. The largest absolute Gasteiger partial charge is 0.489 e. The topological polar surface area (TPSA) is 211 Å². The second kappa shape index (κ2) is 19.8. The first kappa shape index (κ1) is 49.6. The molecule has 2 aliphatic carbocycles. The number of methoxy groups -OCH3 is 1. The number of halogens is 1. The molecular weight excluding hydrogens is 946 g/mol. The number of fused-ring (bicyclic) bond motifs is 2. The second-order valence-corrected chi connectivity index (χ2v) is 22.8. The summed E-state index contributed by atoms with van der Waals surface area (Å²) >= 11 is 0. The molecule has 4 fully saturated rings. The van der Waals surface area contributed by atoms with Crippen LogP contribution in [-0.2, 0) is 14.8 Å². The van der Waals surface area contributed by atoms with E-state index in [-0.39, 0.29) is 82.6 Å². The minimum absolute atomic E-state index is 0.0225. The van der Waals surface area contributed by atoms with E-state index < -0.39 is 42.9 Å². The van der Waals surface area contributed by atoms with Crippen LogP contribution in [0.1, 0.15) is 118 Å². The van der Waals surface area contributed by atoms with Crippen molar-refractivity contribution in [2.75, 3.05) is 56.8 Å². The van der Waals surface area contributed by atoms with Gasteiger partial charge in [0.1, 0.15) is 30.4 Å². The van der Waals surface area contributed by atoms with Crippen LogP contribution in [0.15, 0.2) is 71.8 Å².